The molecule has 0 radical (unpaired) electrons. The quantitative estimate of drug-likeness (QED) is 0.614. The molecule has 6 atom stereocenters. The first-order valence-corrected chi connectivity index (χ1v) is 10.7. The predicted octanol–water partition coefficient (Wildman–Crippen LogP) is 3.51. The van der Waals surface area contributed by atoms with Crippen LogP contribution in [0.1, 0.15) is 16.8 Å². The van der Waals surface area contributed by atoms with E-state index in [0.717, 1.165) is 6.42 Å². The van der Waals surface area contributed by atoms with Gasteiger partial charge in [0.15, 0.2) is 0 Å². The average molecular weight is 414 g/mol. The van der Waals surface area contributed by atoms with E-state index in [-0.39, 0.29) is 41.4 Å². The van der Waals surface area contributed by atoms with Gasteiger partial charge < -0.3 is 10.1 Å². The Kier molecular flexibility index (Phi) is 3.88. The Morgan fingerprint density at radius 3 is 2.32 bits per heavy atom. The second kappa shape index (κ2) is 6.54. The highest BCUT2D eigenvalue weighted by atomic mass is 16.5. The van der Waals surface area contributed by atoms with Crippen LogP contribution in [0.5, 0.6) is 5.75 Å². The fraction of sp³-hybridized carbons (Fsp3) is 0.320. The van der Waals surface area contributed by atoms with Gasteiger partial charge in [-0.25, -0.2) is 4.90 Å². The summed E-state index contributed by atoms with van der Waals surface area (Å²) in [5.74, 6) is 0.959. The zero-order valence-corrected chi connectivity index (χ0v) is 17.0. The Labute approximate surface area is 179 Å². The van der Waals surface area contributed by atoms with E-state index in [4.69, 9.17) is 4.74 Å². The van der Waals surface area contributed by atoms with Crippen molar-refractivity contribution in [3.8, 4) is 5.75 Å². The molecule has 1 saturated heterocycles. The van der Waals surface area contributed by atoms with Crippen molar-refractivity contribution in [2.75, 3.05) is 17.3 Å². The molecular weight excluding hydrogens is 392 g/mol. The lowest BCUT2D eigenvalue weighted by Crippen LogP contribution is -2.40. The smallest absolute Gasteiger partial charge is 0.255 e. The SMILES string of the molecule is COc1ccccc1NC(=O)c1cccc(N2C(=O)[C@H]3[C@@H]4C=C[C@H]([C@H]5C[C@H]45)[C@@H]3C2=O)c1. The van der Waals surface area contributed by atoms with Gasteiger partial charge in [0.2, 0.25) is 11.8 Å². The molecular formula is C25H22N2O4. The summed E-state index contributed by atoms with van der Waals surface area (Å²) in [4.78, 5) is 40.8. The lowest BCUT2D eigenvalue weighted by molar-refractivity contribution is -0.124. The van der Waals surface area contributed by atoms with Crippen LogP contribution in [0.3, 0.4) is 0 Å². The molecule has 1 N–H and O–H groups in total. The van der Waals surface area contributed by atoms with Crippen molar-refractivity contribution in [1.29, 1.82) is 0 Å². The number of hydrogen-bond acceptors (Lipinski definition) is 4. The highest BCUT2D eigenvalue weighted by molar-refractivity contribution is 6.23. The number of allylic oxidation sites excluding steroid dienone is 2. The third kappa shape index (κ3) is 2.60. The molecule has 3 amide bonds. The zero-order valence-electron chi connectivity index (χ0n) is 17.0. The molecule has 7 rings (SSSR count). The van der Waals surface area contributed by atoms with Crippen LogP contribution in [0.15, 0.2) is 60.7 Å². The molecule has 2 saturated carbocycles. The summed E-state index contributed by atoms with van der Waals surface area (Å²) < 4.78 is 5.29. The Morgan fingerprint density at radius 2 is 1.65 bits per heavy atom. The van der Waals surface area contributed by atoms with Gasteiger partial charge >= 0.3 is 0 Å². The first kappa shape index (κ1) is 18.4. The van der Waals surface area contributed by atoms with E-state index in [1.54, 1.807) is 43.5 Å². The highest BCUT2D eigenvalue weighted by Gasteiger charge is 2.67. The summed E-state index contributed by atoms with van der Waals surface area (Å²) in [5.41, 5.74) is 1.40. The van der Waals surface area contributed by atoms with Gasteiger partial charge in [-0.2, -0.15) is 0 Å². The molecule has 2 aromatic rings. The third-order valence-electron chi connectivity index (χ3n) is 7.38. The van der Waals surface area contributed by atoms with Crippen LogP contribution in [0.2, 0.25) is 0 Å². The number of imide groups is 1. The number of carbonyl (C=O) groups is 3. The lowest BCUT2D eigenvalue weighted by Gasteiger charge is -2.37. The minimum atomic E-state index is -0.328. The number of rotatable bonds is 4. The molecule has 6 heteroatoms. The molecule has 31 heavy (non-hydrogen) atoms. The van der Waals surface area contributed by atoms with Crippen LogP contribution in [-0.2, 0) is 9.59 Å². The van der Waals surface area contributed by atoms with E-state index >= 15 is 0 Å². The largest absolute Gasteiger partial charge is 0.495 e. The molecule has 1 heterocycles. The summed E-state index contributed by atoms with van der Waals surface area (Å²) in [6, 6.07) is 13.9. The molecule has 3 fully saturated rings. The van der Waals surface area contributed by atoms with Gasteiger partial charge in [0, 0.05) is 5.56 Å². The summed E-state index contributed by atoms with van der Waals surface area (Å²) in [6.07, 6.45) is 5.45. The molecule has 2 aromatic carbocycles. The van der Waals surface area contributed by atoms with Crippen LogP contribution >= 0.6 is 0 Å². The predicted molar refractivity (Wildman–Crippen MR) is 115 cm³/mol. The first-order chi connectivity index (χ1) is 15.1. The van der Waals surface area contributed by atoms with Gasteiger partial charge in [0.1, 0.15) is 5.75 Å². The molecule has 0 aromatic heterocycles. The topological polar surface area (TPSA) is 75.7 Å². The van der Waals surface area contributed by atoms with E-state index in [9.17, 15) is 14.4 Å². The van der Waals surface area contributed by atoms with Gasteiger partial charge in [0.25, 0.3) is 5.91 Å². The standard InChI is InChI=1S/C25H22N2O4/c1-31-20-8-3-2-7-19(20)26-23(28)13-5-4-6-14(11-13)27-24(29)21-15-9-10-16(18-12-17(15)18)22(21)25(27)30/h2-11,15-18,21-22H,12H2,1H3,(H,26,28)/t15-,16-,17-,18-,21+,22+/m1/s1. The lowest BCUT2D eigenvalue weighted by atomic mass is 9.63. The molecule has 1 aliphatic heterocycles. The maximum Gasteiger partial charge on any atom is 0.255 e. The number of nitrogens with zero attached hydrogens (tertiary/aromatic N) is 1. The number of carbonyl (C=O) groups excluding carboxylic acids is 3. The number of benzene rings is 2. The summed E-state index contributed by atoms with van der Waals surface area (Å²) >= 11 is 0. The number of para-hydroxylation sites is 2. The molecule has 4 aliphatic carbocycles. The van der Waals surface area contributed by atoms with E-state index < -0.39 is 0 Å². The Bertz CT molecular complexity index is 1120. The molecule has 5 aliphatic rings. The highest BCUT2D eigenvalue weighted by Crippen LogP contribution is 2.65. The van der Waals surface area contributed by atoms with E-state index in [2.05, 4.69) is 17.5 Å². The van der Waals surface area contributed by atoms with E-state index in [0.29, 0.717) is 34.5 Å². The van der Waals surface area contributed by atoms with Crippen LogP contribution in [-0.4, -0.2) is 24.8 Å². The van der Waals surface area contributed by atoms with Crippen molar-refractivity contribution in [3.05, 3.63) is 66.2 Å². The number of ether oxygens (including phenoxy) is 1. The number of amides is 3. The van der Waals surface area contributed by atoms with Gasteiger partial charge in [-0.3, -0.25) is 14.4 Å². The molecule has 0 spiro atoms. The fourth-order valence-corrected chi connectivity index (χ4v) is 5.94. The van der Waals surface area contributed by atoms with Gasteiger partial charge in [-0.1, -0.05) is 30.4 Å². The van der Waals surface area contributed by atoms with E-state index in [1.807, 2.05) is 12.1 Å². The van der Waals surface area contributed by atoms with Crippen LogP contribution in [0.4, 0.5) is 11.4 Å². The van der Waals surface area contributed by atoms with Crippen molar-refractivity contribution >= 4 is 29.1 Å². The molecule has 0 unspecified atom stereocenters. The van der Waals surface area contributed by atoms with Gasteiger partial charge in [-0.05, 0) is 60.4 Å². The number of nitrogens with one attached hydrogen (secondary N) is 1. The summed E-state index contributed by atoms with van der Waals surface area (Å²) in [7, 11) is 1.54. The molecule has 2 bridgehead atoms. The van der Waals surface area contributed by atoms with Crippen molar-refractivity contribution in [1.82, 2.24) is 0 Å². The number of hydrogen-bond donors (Lipinski definition) is 1. The van der Waals surface area contributed by atoms with Crippen LogP contribution < -0.4 is 15.0 Å². The minimum absolute atomic E-state index is 0.123. The maximum atomic E-state index is 13.3. The van der Waals surface area contributed by atoms with Crippen molar-refractivity contribution in [2.45, 2.75) is 6.42 Å². The Morgan fingerprint density at radius 1 is 0.968 bits per heavy atom. The van der Waals surface area contributed by atoms with Crippen molar-refractivity contribution in [2.24, 2.45) is 35.5 Å². The summed E-state index contributed by atoms with van der Waals surface area (Å²) in [6.45, 7) is 0. The zero-order chi connectivity index (χ0) is 21.3. The average Bonchev–Trinajstić information content (AvgIpc) is 3.57. The summed E-state index contributed by atoms with van der Waals surface area (Å²) in [5, 5.41) is 2.84. The second-order valence-electron chi connectivity index (χ2n) is 8.87. The number of methoxy groups -OCH3 is 1. The minimum Gasteiger partial charge on any atom is -0.495 e. The third-order valence-corrected chi connectivity index (χ3v) is 7.38. The van der Waals surface area contributed by atoms with Gasteiger partial charge in [-0.15, -0.1) is 0 Å². The second-order valence-corrected chi connectivity index (χ2v) is 8.87. The van der Waals surface area contributed by atoms with Crippen LogP contribution in [0.25, 0.3) is 0 Å². The van der Waals surface area contributed by atoms with Gasteiger partial charge in [0.05, 0.1) is 30.3 Å². The molecule has 156 valence electrons. The first-order valence-electron chi connectivity index (χ1n) is 10.7. The maximum absolute atomic E-state index is 13.3. The van der Waals surface area contributed by atoms with Crippen molar-refractivity contribution < 1.29 is 19.1 Å². The Hall–Kier alpha value is -3.41. The van der Waals surface area contributed by atoms with Crippen LogP contribution in [0, 0.1) is 35.5 Å². The normalized spacial score (nSPS) is 32.0. The Balaban J connectivity index is 1.29. The van der Waals surface area contributed by atoms with Crippen molar-refractivity contribution in [3.63, 3.8) is 0 Å². The van der Waals surface area contributed by atoms with E-state index in [1.165, 1.54) is 4.90 Å². The monoisotopic (exact) mass is 414 g/mol. The number of anilines is 2. The fourth-order valence-electron chi connectivity index (χ4n) is 5.94. The molecule has 6 nitrogen and oxygen atoms in total.